The summed E-state index contributed by atoms with van der Waals surface area (Å²) in [5.74, 6) is -1.85. The molecule has 2 atom stereocenters. The predicted molar refractivity (Wildman–Crippen MR) is 42.2 cm³/mol. The number of carboxylic acids is 1. The highest BCUT2D eigenvalue weighted by molar-refractivity contribution is 6.26. The van der Waals surface area contributed by atoms with E-state index in [-0.39, 0.29) is 0 Å². The monoisotopic (exact) mass is 173 g/mol. The van der Waals surface area contributed by atoms with Gasteiger partial charge in [0.2, 0.25) is 0 Å². The van der Waals surface area contributed by atoms with Gasteiger partial charge in [-0.2, -0.15) is 0 Å². The van der Waals surface area contributed by atoms with Crippen molar-refractivity contribution in [2.45, 2.75) is 5.00 Å². The Morgan fingerprint density at radius 2 is 2.27 bits per heavy atom. The third-order valence-electron chi connectivity index (χ3n) is 1.51. The smallest absolute Gasteiger partial charge is 0.313 e. The van der Waals surface area contributed by atoms with Gasteiger partial charge in [-0.3, -0.25) is 4.79 Å². The molecule has 0 radical (unpaired) electrons. The molecule has 1 rings (SSSR count). The first-order valence-electron chi connectivity index (χ1n) is 3.10. The first-order valence-corrected chi connectivity index (χ1v) is 3.48. The van der Waals surface area contributed by atoms with Crippen molar-refractivity contribution < 1.29 is 9.90 Å². The van der Waals surface area contributed by atoms with E-state index in [9.17, 15) is 4.79 Å². The van der Waals surface area contributed by atoms with Crippen LogP contribution in [-0.4, -0.2) is 16.1 Å². The first-order chi connectivity index (χ1) is 5.04. The van der Waals surface area contributed by atoms with Crippen LogP contribution in [0.5, 0.6) is 0 Å². The van der Waals surface area contributed by atoms with Crippen LogP contribution >= 0.6 is 11.6 Å². The lowest BCUT2D eigenvalue weighted by Crippen LogP contribution is -2.43. The van der Waals surface area contributed by atoms with Crippen molar-refractivity contribution in [1.82, 2.24) is 0 Å². The molecule has 1 aliphatic carbocycles. The van der Waals surface area contributed by atoms with Crippen molar-refractivity contribution in [3.8, 4) is 0 Å². The third-order valence-corrected chi connectivity index (χ3v) is 1.87. The minimum Gasteiger partial charge on any atom is -0.481 e. The molecule has 0 aromatic heterocycles. The maximum absolute atomic E-state index is 10.5. The summed E-state index contributed by atoms with van der Waals surface area (Å²) in [6.45, 7) is 0. The zero-order valence-corrected chi connectivity index (χ0v) is 6.45. The van der Waals surface area contributed by atoms with Gasteiger partial charge in [0.05, 0.1) is 0 Å². The van der Waals surface area contributed by atoms with E-state index in [4.69, 9.17) is 22.4 Å². The molecular weight excluding hydrogens is 166 g/mol. The minimum absolute atomic E-state index is 0.839. The van der Waals surface area contributed by atoms with Crippen molar-refractivity contribution in [2.75, 3.05) is 0 Å². The van der Waals surface area contributed by atoms with Gasteiger partial charge in [0.15, 0.2) is 0 Å². The SMILES string of the molecule is NC1(Cl)C=CC=CC1C(=O)O. The second-order valence-corrected chi connectivity index (χ2v) is 3.04. The number of rotatable bonds is 1. The van der Waals surface area contributed by atoms with E-state index in [0.29, 0.717) is 0 Å². The van der Waals surface area contributed by atoms with E-state index < -0.39 is 16.9 Å². The zero-order chi connectivity index (χ0) is 8.48. The molecule has 0 saturated heterocycles. The highest BCUT2D eigenvalue weighted by Gasteiger charge is 2.35. The van der Waals surface area contributed by atoms with Gasteiger partial charge in [-0.25, -0.2) is 0 Å². The molecule has 0 heterocycles. The second-order valence-electron chi connectivity index (χ2n) is 2.39. The van der Waals surface area contributed by atoms with Crippen molar-refractivity contribution in [3.63, 3.8) is 0 Å². The first kappa shape index (κ1) is 8.30. The van der Waals surface area contributed by atoms with Crippen LogP contribution in [0.1, 0.15) is 0 Å². The van der Waals surface area contributed by atoms with Crippen LogP contribution in [0, 0.1) is 5.92 Å². The summed E-state index contributed by atoms with van der Waals surface area (Å²) in [5.41, 5.74) is 5.47. The Morgan fingerprint density at radius 1 is 1.64 bits per heavy atom. The molecule has 1 aliphatic rings. The van der Waals surface area contributed by atoms with E-state index in [1.165, 1.54) is 12.2 Å². The predicted octanol–water partition coefficient (Wildman–Crippen LogP) is 0.707. The summed E-state index contributed by atoms with van der Waals surface area (Å²) in [6, 6.07) is 0. The molecule has 0 aromatic rings. The standard InChI is InChI=1S/C7H8ClNO2/c8-7(9)4-2-1-3-5(7)6(10)11/h1-5H,9H2,(H,10,11). The Labute approximate surface area is 69.1 Å². The molecule has 3 N–H and O–H groups in total. The van der Waals surface area contributed by atoms with Gasteiger partial charge in [0, 0.05) is 0 Å². The zero-order valence-electron chi connectivity index (χ0n) is 5.70. The number of allylic oxidation sites excluding steroid dienone is 2. The third kappa shape index (κ3) is 1.61. The van der Waals surface area contributed by atoms with E-state index in [2.05, 4.69) is 0 Å². The lowest BCUT2D eigenvalue weighted by molar-refractivity contribution is -0.140. The van der Waals surface area contributed by atoms with Gasteiger partial charge >= 0.3 is 5.97 Å². The van der Waals surface area contributed by atoms with Crippen LogP contribution in [0.3, 0.4) is 0 Å². The molecule has 3 nitrogen and oxygen atoms in total. The topological polar surface area (TPSA) is 63.3 Å². The minimum atomic E-state index is -1.28. The maximum Gasteiger partial charge on any atom is 0.313 e. The Balaban J connectivity index is 2.89. The van der Waals surface area contributed by atoms with Crippen molar-refractivity contribution in [1.29, 1.82) is 0 Å². The van der Waals surface area contributed by atoms with Gasteiger partial charge in [-0.05, 0) is 6.08 Å². The quantitative estimate of drug-likeness (QED) is 0.454. The fourth-order valence-electron chi connectivity index (χ4n) is 0.901. The molecule has 60 valence electrons. The number of hydrogen-bond donors (Lipinski definition) is 2. The normalized spacial score (nSPS) is 35.6. The Morgan fingerprint density at radius 3 is 2.64 bits per heavy atom. The van der Waals surface area contributed by atoms with Gasteiger partial charge < -0.3 is 10.8 Å². The summed E-state index contributed by atoms with van der Waals surface area (Å²) < 4.78 is 0. The average Bonchev–Trinajstić information content (AvgIpc) is 1.85. The number of carboxylic acid groups (broad SMARTS) is 1. The van der Waals surface area contributed by atoms with Crippen LogP contribution in [0.2, 0.25) is 0 Å². The summed E-state index contributed by atoms with van der Waals surface area (Å²) in [6.07, 6.45) is 6.18. The number of nitrogens with two attached hydrogens (primary N) is 1. The van der Waals surface area contributed by atoms with Crippen LogP contribution in [0.4, 0.5) is 0 Å². The molecule has 0 aliphatic heterocycles. The van der Waals surface area contributed by atoms with E-state index in [0.717, 1.165) is 0 Å². The fourth-order valence-corrected chi connectivity index (χ4v) is 1.14. The number of alkyl halides is 1. The summed E-state index contributed by atoms with van der Waals surface area (Å²) >= 11 is 5.69. The molecule has 0 saturated carbocycles. The molecule has 11 heavy (non-hydrogen) atoms. The van der Waals surface area contributed by atoms with Gasteiger partial charge in [-0.15, -0.1) is 0 Å². The largest absolute Gasteiger partial charge is 0.481 e. The maximum atomic E-state index is 10.5. The lowest BCUT2D eigenvalue weighted by Gasteiger charge is -2.24. The molecule has 0 spiro atoms. The van der Waals surface area contributed by atoms with Gasteiger partial charge in [0.1, 0.15) is 10.9 Å². The van der Waals surface area contributed by atoms with Crippen LogP contribution in [0.25, 0.3) is 0 Å². The van der Waals surface area contributed by atoms with Gasteiger partial charge in [-0.1, -0.05) is 29.8 Å². The Bertz CT molecular complexity index is 233. The second kappa shape index (κ2) is 2.68. The average molecular weight is 174 g/mol. The summed E-state index contributed by atoms with van der Waals surface area (Å²) in [7, 11) is 0. The van der Waals surface area contributed by atoms with Crippen molar-refractivity contribution >= 4 is 17.6 Å². The molecule has 0 fully saturated rings. The molecule has 0 aromatic carbocycles. The van der Waals surface area contributed by atoms with Crippen molar-refractivity contribution in [2.24, 2.45) is 11.7 Å². The van der Waals surface area contributed by atoms with E-state index in [1.807, 2.05) is 0 Å². The molecule has 0 amide bonds. The number of aliphatic carboxylic acids is 1. The van der Waals surface area contributed by atoms with E-state index >= 15 is 0 Å². The van der Waals surface area contributed by atoms with Crippen LogP contribution in [0.15, 0.2) is 24.3 Å². The van der Waals surface area contributed by atoms with Crippen LogP contribution in [-0.2, 0) is 4.79 Å². The molecule has 0 bridgehead atoms. The molecule has 2 unspecified atom stereocenters. The Hall–Kier alpha value is -0.800. The highest BCUT2D eigenvalue weighted by Crippen LogP contribution is 2.25. The highest BCUT2D eigenvalue weighted by atomic mass is 35.5. The molecular formula is C7H8ClNO2. The number of hydrogen-bond acceptors (Lipinski definition) is 2. The summed E-state index contributed by atoms with van der Waals surface area (Å²) in [5, 5.41) is 8.62. The van der Waals surface area contributed by atoms with Crippen LogP contribution < -0.4 is 5.73 Å². The Kier molecular flexibility index (Phi) is 2.02. The van der Waals surface area contributed by atoms with Gasteiger partial charge in [0.25, 0.3) is 0 Å². The molecule has 4 heteroatoms. The lowest BCUT2D eigenvalue weighted by atomic mass is 9.95. The van der Waals surface area contributed by atoms with Crippen molar-refractivity contribution in [3.05, 3.63) is 24.3 Å². The van der Waals surface area contributed by atoms with E-state index in [1.54, 1.807) is 12.2 Å². The fraction of sp³-hybridized carbons (Fsp3) is 0.286. The number of carbonyl (C=O) groups is 1. The summed E-state index contributed by atoms with van der Waals surface area (Å²) in [4.78, 5) is 9.24. The number of halogens is 1.